The van der Waals surface area contributed by atoms with Crippen LogP contribution in [0.15, 0.2) is 46.9 Å². The van der Waals surface area contributed by atoms with Crippen molar-refractivity contribution < 1.29 is 18.7 Å². The van der Waals surface area contributed by atoms with Gasteiger partial charge in [-0.15, -0.1) is 0 Å². The summed E-state index contributed by atoms with van der Waals surface area (Å²) in [5, 5.41) is 4.12. The Balaban J connectivity index is 1.59. The molecule has 0 aliphatic carbocycles. The van der Waals surface area contributed by atoms with Crippen LogP contribution in [0.4, 0.5) is 5.13 Å². The zero-order valence-electron chi connectivity index (χ0n) is 15.3. The number of thiazole rings is 1. The maximum atomic E-state index is 12.6. The van der Waals surface area contributed by atoms with E-state index in [1.54, 1.807) is 50.6 Å². The van der Waals surface area contributed by atoms with Crippen LogP contribution in [0.3, 0.4) is 0 Å². The molecule has 4 aromatic rings. The van der Waals surface area contributed by atoms with Crippen molar-refractivity contribution in [2.75, 3.05) is 19.5 Å². The van der Waals surface area contributed by atoms with E-state index >= 15 is 0 Å². The molecule has 0 saturated heterocycles. The highest BCUT2D eigenvalue weighted by atomic mass is 35.5. The Morgan fingerprint density at radius 3 is 2.66 bits per heavy atom. The number of fused-ring (bicyclic) bond motifs is 1. The molecule has 6 nitrogen and oxygen atoms in total. The van der Waals surface area contributed by atoms with Crippen LogP contribution in [-0.4, -0.2) is 25.1 Å². The summed E-state index contributed by atoms with van der Waals surface area (Å²) in [7, 11) is 3.13. The molecule has 9 heteroatoms. The molecule has 0 unspecified atom stereocenters. The van der Waals surface area contributed by atoms with Crippen LogP contribution in [0, 0.1) is 0 Å². The molecule has 0 aliphatic rings. The molecule has 0 spiro atoms. The Morgan fingerprint density at radius 2 is 1.93 bits per heavy atom. The second-order valence-electron chi connectivity index (χ2n) is 5.94. The van der Waals surface area contributed by atoms with Crippen LogP contribution in [0.25, 0.3) is 21.5 Å². The monoisotopic (exact) mass is 448 g/mol. The normalized spacial score (nSPS) is 10.9. The quantitative estimate of drug-likeness (QED) is 0.397. The number of aromatic nitrogens is 1. The van der Waals surface area contributed by atoms with Crippen molar-refractivity contribution in [1.82, 2.24) is 4.98 Å². The van der Waals surface area contributed by atoms with Crippen LogP contribution in [0.2, 0.25) is 10.0 Å². The number of nitrogens with zero attached hydrogens (tertiary/aromatic N) is 1. The molecular weight excluding hydrogens is 435 g/mol. The Hall–Kier alpha value is -2.74. The summed E-state index contributed by atoms with van der Waals surface area (Å²) in [6.07, 6.45) is 0. The van der Waals surface area contributed by atoms with Crippen molar-refractivity contribution in [3.05, 3.63) is 58.3 Å². The number of methoxy groups -OCH3 is 2. The largest absolute Gasteiger partial charge is 0.497 e. The van der Waals surface area contributed by atoms with E-state index in [0.29, 0.717) is 43.5 Å². The first-order valence-electron chi connectivity index (χ1n) is 8.37. The van der Waals surface area contributed by atoms with Gasteiger partial charge in [-0.2, -0.15) is 0 Å². The van der Waals surface area contributed by atoms with Crippen molar-refractivity contribution in [3.8, 4) is 22.8 Å². The Morgan fingerprint density at radius 1 is 1.10 bits per heavy atom. The third kappa shape index (κ3) is 3.89. The highest BCUT2D eigenvalue weighted by Crippen LogP contribution is 2.36. The summed E-state index contributed by atoms with van der Waals surface area (Å²) in [6.45, 7) is 0. The highest BCUT2D eigenvalue weighted by molar-refractivity contribution is 7.22. The summed E-state index contributed by atoms with van der Waals surface area (Å²) in [4.78, 5) is 17.0. The fourth-order valence-corrected chi connectivity index (χ4v) is 4.16. The minimum Gasteiger partial charge on any atom is -0.497 e. The van der Waals surface area contributed by atoms with Gasteiger partial charge in [0.05, 0.1) is 23.9 Å². The predicted molar refractivity (Wildman–Crippen MR) is 115 cm³/mol. The average molecular weight is 449 g/mol. The summed E-state index contributed by atoms with van der Waals surface area (Å²) in [5.74, 6) is 1.38. The van der Waals surface area contributed by atoms with Crippen LogP contribution in [0.5, 0.6) is 11.5 Å². The number of halogens is 2. The van der Waals surface area contributed by atoms with Crippen molar-refractivity contribution in [1.29, 1.82) is 0 Å². The molecule has 2 aromatic carbocycles. The number of rotatable bonds is 5. The molecule has 0 radical (unpaired) electrons. The molecule has 148 valence electrons. The first-order valence-corrected chi connectivity index (χ1v) is 9.95. The molecule has 4 rings (SSSR count). The summed E-state index contributed by atoms with van der Waals surface area (Å²) < 4.78 is 17.1. The lowest BCUT2D eigenvalue weighted by Gasteiger charge is -2.03. The van der Waals surface area contributed by atoms with E-state index in [2.05, 4.69) is 10.3 Å². The van der Waals surface area contributed by atoms with E-state index in [-0.39, 0.29) is 5.76 Å². The number of carbonyl (C=O) groups is 1. The molecule has 0 fully saturated rings. The third-order valence-corrected chi connectivity index (χ3v) is 5.60. The third-order valence-electron chi connectivity index (χ3n) is 4.14. The fraction of sp³-hybridized carbons (Fsp3) is 0.100. The molecule has 1 amide bonds. The second-order valence-corrected chi connectivity index (χ2v) is 7.81. The van der Waals surface area contributed by atoms with Gasteiger partial charge < -0.3 is 13.9 Å². The minimum atomic E-state index is -0.425. The van der Waals surface area contributed by atoms with Crippen molar-refractivity contribution >= 4 is 55.8 Å². The maximum absolute atomic E-state index is 12.6. The van der Waals surface area contributed by atoms with Gasteiger partial charge in [-0.1, -0.05) is 34.5 Å². The SMILES string of the molecule is COc1cc(OC)c2nc(NC(=O)c3ccc(-c4ccc(Cl)cc4Cl)o3)sc2c1. The van der Waals surface area contributed by atoms with E-state index < -0.39 is 5.91 Å². The van der Waals surface area contributed by atoms with Crippen molar-refractivity contribution in [2.45, 2.75) is 0 Å². The van der Waals surface area contributed by atoms with E-state index in [0.717, 1.165) is 4.70 Å². The fourth-order valence-electron chi connectivity index (χ4n) is 2.75. The molecule has 1 N–H and O–H groups in total. The number of benzene rings is 2. The van der Waals surface area contributed by atoms with Crippen LogP contribution in [0.1, 0.15) is 10.6 Å². The predicted octanol–water partition coefficient (Wildman–Crippen LogP) is 6.13. The topological polar surface area (TPSA) is 73.6 Å². The summed E-state index contributed by atoms with van der Waals surface area (Å²) in [5.41, 5.74) is 1.29. The van der Waals surface area contributed by atoms with Crippen LogP contribution >= 0.6 is 34.5 Å². The average Bonchev–Trinajstić information content (AvgIpc) is 3.33. The van der Waals surface area contributed by atoms with Gasteiger partial charge in [-0.25, -0.2) is 4.98 Å². The number of nitrogens with one attached hydrogen (secondary N) is 1. The van der Waals surface area contributed by atoms with Gasteiger partial charge in [-0.3, -0.25) is 10.1 Å². The number of anilines is 1. The molecule has 29 heavy (non-hydrogen) atoms. The van der Waals surface area contributed by atoms with Gasteiger partial charge in [0.1, 0.15) is 22.8 Å². The van der Waals surface area contributed by atoms with E-state index in [4.69, 9.17) is 37.1 Å². The number of hydrogen-bond donors (Lipinski definition) is 1. The number of amides is 1. The van der Waals surface area contributed by atoms with Gasteiger partial charge in [0.15, 0.2) is 10.9 Å². The van der Waals surface area contributed by atoms with Crippen molar-refractivity contribution in [2.24, 2.45) is 0 Å². The maximum Gasteiger partial charge on any atom is 0.293 e. The molecule has 0 atom stereocenters. The first kappa shape index (κ1) is 19.6. The number of carbonyl (C=O) groups excluding carboxylic acids is 1. The minimum absolute atomic E-state index is 0.134. The lowest BCUT2D eigenvalue weighted by Crippen LogP contribution is -2.10. The van der Waals surface area contributed by atoms with Gasteiger partial charge >= 0.3 is 0 Å². The summed E-state index contributed by atoms with van der Waals surface area (Å²) in [6, 6.07) is 11.9. The smallest absolute Gasteiger partial charge is 0.293 e. The lowest BCUT2D eigenvalue weighted by atomic mass is 10.2. The second kappa shape index (κ2) is 7.94. The number of hydrogen-bond acceptors (Lipinski definition) is 6. The highest BCUT2D eigenvalue weighted by Gasteiger charge is 2.17. The Bertz CT molecular complexity index is 1220. The number of ether oxygens (including phenoxy) is 2. The molecule has 0 bridgehead atoms. The van der Waals surface area contributed by atoms with E-state index in [1.165, 1.54) is 11.3 Å². The van der Waals surface area contributed by atoms with Gasteiger partial charge in [0.2, 0.25) is 0 Å². The molecule has 0 saturated carbocycles. The zero-order chi connectivity index (χ0) is 20.5. The van der Waals surface area contributed by atoms with Crippen LogP contribution < -0.4 is 14.8 Å². The zero-order valence-corrected chi connectivity index (χ0v) is 17.6. The van der Waals surface area contributed by atoms with E-state index in [1.807, 2.05) is 6.07 Å². The Kier molecular flexibility index (Phi) is 5.36. The number of furan rings is 1. The van der Waals surface area contributed by atoms with E-state index in [9.17, 15) is 4.79 Å². The van der Waals surface area contributed by atoms with Gasteiger partial charge in [0, 0.05) is 16.7 Å². The standard InChI is InChI=1S/C20H14Cl2N2O4S/c1-26-11-8-16(27-2)18-17(9-11)29-20(23-18)24-19(25)15-6-5-14(28-15)12-4-3-10(21)7-13(12)22/h3-9H,1-2H3,(H,23,24,25). The molecule has 2 heterocycles. The molecule has 0 aliphatic heterocycles. The first-order chi connectivity index (χ1) is 14.0. The Labute approximate surface area is 180 Å². The molecular formula is C20H14Cl2N2O4S. The lowest BCUT2D eigenvalue weighted by molar-refractivity contribution is 0.0997. The van der Waals surface area contributed by atoms with Crippen molar-refractivity contribution in [3.63, 3.8) is 0 Å². The molecule has 2 aromatic heterocycles. The summed E-state index contributed by atoms with van der Waals surface area (Å²) >= 11 is 13.4. The van der Waals surface area contributed by atoms with Crippen LogP contribution in [-0.2, 0) is 0 Å². The van der Waals surface area contributed by atoms with Gasteiger partial charge in [0.25, 0.3) is 5.91 Å². The van der Waals surface area contributed by atoms with Gasteiger partial charge in [-0.05, 0) is 36.4 Å².